The van der Waals surface area contributed by atoms with E-state index >= 15 is 0 Å². The number of aromatic nitrogens is 2. The molecule has 0 unspecified atom stereocenters. The van der Waals surface area contributed by atoms with Gasteiger partial charge in [-0.1, -0.05) is 6.07 Å². The van der Waals surface area contributed by atoms with E-state index in [4.69, 9.17) is 15.2 Å². The third-order valence-electron chi connectivity index (χ3n) is 3.28. The average molecular weight is 316 g/mol. The van der Waals surface area contributed by atoms with Gasteiger partial charge in [0.1, 0.15) is 0 Å². The first-order valence-electron chi connectivity index (χ1n) is 7.24. The first kappa shape index (κ1) is 16.5. The highest BCUT2D eigenvalue weighted by atomic mass is 16.5. The molecule has 1 atom stereocenters. The van der Waals surface area contributed by atoms with Crippen molar-refractivity contribution >= 4 is 11.7 Å². The SMILES string of the molecule is CCOc1ccc([C@@H](C)NC(=O)c2nccnc2N)cc1OC. The molecule has 0 saturated heterocycles. The molecule has 122 valence electrons. The van der Waals surface area contributed by atoms with Crippen molar-refractivity contribution in [3.05, 3.63) is 41.9 Å². The van der Waals surface area contributed by atoms with E-state index in [2.05, 4.69) is 15.3 Å². The number of hydrogen-bond donors (Lipinski definition) is 2. The second-order valence-corrected chi connectivity index (χ2v) is 4.83. The summed E-state index contributed by atoms with van der Waals surface area (Å²) in [6.07, 6.45) is 2.86. The summed E-state index contributed by atoms with van der Waals surface area (Å²) in [4.78, 5) is 20.0. The van der Waals surface area contributed by atoms with Gasteiger partial charge in [-0.15, -0.1) is 0 Å². The van der Waals surface area contributed by atoms with Crippen LogP contribution in [-0.2, 0) is 0 Å². The van der Waals surface area contributed by atoms with Crippen molar-refractivity contribution in [3.8, 4) is 11.5 Å². The zero-order valence-corrected chi connectivity index (χ0v) is 13.4. The van der Waals surface area contributed by atoms with E-state index in [9.17, 15) is 4.79 Å². The first-order valence-corrected chi connectivity index (χ1v) is 7.24. The Kier molecular flexibility index (Phi) is 5.35. The normalized spacial score (nSPS) is 11.6. The summed E-state index contributed by atoms with van der Waals surface area (Å²) in [5.74, 6) is 0.998. The summed E-state index contributed by atoms with van der Waals surface area (Å²) in [6.45, 7) is 4.31. The summed E-state index contributed by atoms with van der Waals surface area (Å²) in [5.41, 5.74) is 6.65. The maximum absolute atomic E-state index is 12.2. The lowest BCUT2D eigenvalue weighted by Crippen LogP contribution is -2.28. The Morgan fingerprint density at radius 3 is 2.70 bits per heavy atom. The molecular weight excluding hydrogens is 296 g/mol. The zero-order chi connectivity index (χ0) is 16.8. The number of nitrogens with one attached hydrogen (secondary N) is 1. The van der Waals surface area contributed by atoms with Crippen LogP contribution in [0.15, 0.2) is 30.6 Å². The standard InChI is InChI=1S/C16H20N4O3/c1-4-23-12-6-5-11(9-13(12)22-3)10(2)20-16(21)14-15(17)19-8-7-18-14/h5-10H,4H2,1-3H3,(H2,17,19)(H,20,21)/t10-/m1/s1. The molecule has 1 heterocycles. The minimum absolute atomic E-state index is 0.0986. The van der Waals surface area contributed by atoms with Gasteiger partial charge in [0, 0.05) is 12.4 Å². The molecule has 0 bridgehead atoms. The summed E-state index contributed by atoms with van der Waals surface area (Å²) < 4.78 is 10.8. The van der Waals surface area contributed by atoms with Gasteiger partial charge in [-0.3, -0.25) is 4.79 Å². The smallest absolute Gasteiger partial charge is 0.274 e. The molecule has 3 N–H and O–H groups in total. The number of nitrogen functional groups attached to an aromatic ring is 1. The lowest BCUT2D eigenvalue weighted by Gasteiger charge is -2.17. The number of amides is 1. The first-order chi connectivity index (χ1) is 11.1. The number of benzene rings is 1. The number of carbonyl (C=O) groups excluding carboxylic acids is 1. The van der Waals surface area contributed by atoms with Crippen molar-refractivity contribution in [1.29, 1.82) is 0 Å². The largest absolute Gasteiger partial charge is 0.493 e. The lowest BCUT2D eigenvalue weighted by molar-refractivity contribution is 0.0935. The fourth-order valence-corrected chi connectivity index (χ4v) is 2.10. The van der Waals surface area contributed by atoms with E-state index in [1.807, 2.05) is 32.0 Å². The molecule has 1 aromatic carbocycles. The molecule has 0 saturated carbocycles. The Labute approximate surface area is 134 Å². The highest BCUT2D eigenvalue weighted by Crippen LogP contribution is 2.30. The van der Waals surface area contributed by atoms with Crippen molar-refractivity contribution in [2.45, 2.75) is 19.9 Å². The van der Waals surface area contributed by atoms with Crippen LogP contribution in [-0.4, -0.2) is 29.6 Å². The van der Waals surface area contributed by atoms with Crippen LogP contribution in [0.2, 0.25) is 0 Å². The second kappa shape index (κ2) is 7.44. The van der Waals surface area contributed by atoms with Crippen LogP contribution in [0.25, 0.3) is 0 Å². The van der Waals surface area contributed by atoms with Gasteiger partial charge in [0.05, 0.1) is 19.8 Å². The van der Waals surface area contributed by atoms with Crippen LogP contribution >= 0.6 is 0 Å². The van der Waals surface area contributed by atoms with Crippen LogP contribution in [0.5, 0.6) is 11.5 Å². The Bertz CT molecular complexity index is 691. The third kappa shape index (κ3) is 3.88. The highest BCUT2D eigenvalue weighted by molar-refractivity contribution is 5.96. The highest BCUT2D eigenvalue weighted by Gasteiger charge is 2.17. The van der Waals surface area contributed by atoms with E-state index < -0.39 is 0 Å². The van der Waals surface area contributed by atoms with Crippen molar-refractivity contribution in [2.75, 3.05) is 19.5 Å². The van der Waals surface area contributed by atoms with E-state index in [-0.39, 0.29) is 23.5 Å². The van der Waals surface area contributed by atoms with E-state index in [1.165, 1.54) is 12.4 Å². The van der Waals surface area contributed by atoms with Crippen molar-refractivity contribution in [1.82, 2.24) is 15.3 Å². The van der Waals surface area contributed by atoms with Crippen LogP contribution in [0.4, 0.5) is 5.82 Å². The number of nitrogens with two attached hydrogens (primary N) is 1. The van der Waals surface area contributed by atoms with Gasteiger partial charge in [0.15, 0.2) is 23.0 Å². The Balaban J connectivity index is 2.16. The quantitative estimate of drug-likeness (QED) is 0.845. The lowest BCUT2D eigenvalue weighted by atomic mass is 10.1. The van der Waals surface area contributed by atoms with E-state index in [0.717, 1.165) is 5.56 Å². The molecule has 2 rings (SSSR count). The van der Waals surface area contributed by atoms with Crippen LogP contribution in [0.3, 0.4) is 0 Å². The number of carbonyl (C=O) groups is 1. The predicted octanol–water partition coefficient (Wildman–Crippen LogP) is 1.96. The number of ether oxygens (including phenoxy) is 2. The van der Waals surface area contributed by atoms with Gasteiger partial charge in [-0.2, -0.15) is 0 Å². The summed E-state index contributed by atoms with van der Waals surface area (Å²) in [6, 6.07) is 5.26. The Hall–Kier alpha value is -2.83. The minimum atomic E-state index is -0.379. The van der Waals surface area contributed by atoms with E-state index in [1.54, 1.807) is 7.11 Å². The fourth-order valence-electron chi connectivity index (χ4n) is 2.10. The van der Waals surface area contributed by atoms with Crippen LogP contribution < -0.4 is 20.5 Å². The molecule has 1 aromatic heterocycles. The molecular formula is C16H20N4O3. The molecule has 7 nitrogen and oxygen atoms in total. The van der Waals surface area contributed by atoms with Gasteiger partial charge in [0.25, 0.3) is 5.91 Å². The second-order valence-electron chi connectivity index (χ2n) is 4.83. The minimum Gasteiger partial charge on any atom is -0.493 e. The average Bonchev–Trinajstić information content (AvgIpc) is 2.55. The molecule has 0 aliphatic carbocycles. The third-order valence-corrected chi connectivity index (χ3v) is 3.28. The zero-order valence-electron chi connectivity index (χ0n) is 13.4. The van der Waals surface area contributed by atoms with Gasteiger partial charge in [-0.25, -0.2) is 9.97 Å². The molecule has 0 spiro atoms. The molecule has 23 heavy (non-hydrogen) atoms. The molecule has 0 fully saturated rings. The Morgan fingerprint density at radius 1 is 1.30 bits per heavy atom. The molecule has 0 aliphatic rings. The van der Waals surface area contributed by atoms with Gasteiger partial charge in [0.2, 0.25) is 0 Å². The summed E-state index contributed by atoms with van der Waals surface area (Å²) >= 11 is 0. The number of rotatable bonds is 6. The van der Waals surface area contributed by atoms with Gasteiger partial charge in [-0.05, 0) is 31.5 Å². The van der Waals surface area contributed by atoms with Crippen molar-refractivity contribution in [3.63, 3.8) is 0 Å². The number of methoxy groups -OCH3 is 1. The van der Waals surface area contributed by atoms with Gasteiger partial charge >= 0.3 is 0 Å². The van der Waals surface area contributed by atoms with E-state index in [0.29, 0.717) is 18.1 Å². The van der Waals surface area contributed by atoms with Crippen molar-refractivity contribution < 1.29 is 14.3 Å². The maximum atomic E-state index is 12.2. The number of anilines is 1. The van der Waals surface area contributed by atoms with Crippen LogP contribution in [0.1, 0.15) is 35.9 Å². The molecule has 0 aliphatic heterocycles. The predicted molar refractivity (Wildman–Crippen MR) is 86.5 cm³/mol. The van der Waals surface area contributed by atoms with Gasteiger partial charge < -0.3 is 20.5 Å². The molecule has 7 heteroatoms. The number of hydrogen-bond acceptors (Lipinski definition) is 6. The molecule has 2 aromatic rings. The maximum Gasteiger partial charge on any atom is 0.274 e. The molecule has 0 radical (unpaired) electrons. The topological polar surface area (TPSA) is 99.4 Å². The fraction of sp³-hybridized carbons (Fsp3) is 0.312. The number of nitrogens with zero attached hydrogens (tertiary/aromatic N) is 2. The van der Waals surface area contributed by atoms with Crippen LogP contribution in [0, 0.1) is 0 Å². The molecule has 1 amide bonds. The van der Waals surface area contributed by atoms with Crippen molar-refractivity contribution in [2.24, 2.45) is 0 Å². The summed E-state index contributed by atoms with van der Waals surface area (Å²) in [5, 5.41) is 2.84. The monoisotopic (exact) mass is 316 g/mol. The summed E-state index contributed by atoms with van der Waals surface area (Å²) in [7, 11) is 1.57. The Morgan fingerprint density at radius 2 is 2.04 bits per heavy atom.